The van der Waals surface area contributed by atoms with Gasteiger partial charge in [-0.05, 0) is 92.3 Å². The van der Waals surface area contributed by atoms with Gasteiger partial charge >= 0.3 is 0 Å². The van der Waals surface area contributed by atoms with E-state index >= 15 is 0 Å². The van der Waals surface area contributed by atoms with Gasteiger partial charge in [0.2, 0.25) is 0 Å². The molecule has 0 aromatic heterocycles. The summed E-state index contributed by atoms with van der Waals surface area (Å²) in [7, 11) is 1.92. The van der Waals surface area contributed by atoms with Gasteiger partial charge < -0.3 is 9.84 Å². The number of rotatable bonds is 2. The summed E-state index contributed by atoms with van der Waals surface area (Å²) in [6, 6.07) is 0. The predicted molar refractivity (Wildman–Crippen MR) is 97.7 cm³/mol. The Kier molecular flexibility index (Phi) is 3.97. The standard InChI is InChI=1S/C22H36O2/c1-5-22(23)13-12-20(2)15(14-22)6-7-16-17-8-9-19(24-4)21(17,3)11-10-18(16)20/h5,15-19,23H,1,6-14H2,2-4H3/t15?,16-,17-,18+,19?,20-,21-,22?/m0/s1. The number of fused-ring (bicyclic) bond motifs is 5. The Morgan fingerprint density at radius 3 is 2.42 bits per heavy atom. The van der Waals surface area contributed by atoms with Gasteiger partial charge in [0, 0.05) is 7.11 Å². The van der Waals surface area contributed by atoms with E-state index in [1.54, 1.807) is 0 Å². The molecule has 4 rings (SSSR count). The fourth-order valence-corrected chi connectivity index (χ4v) is 7.80. The lowest BCUT2D eigenvalue weighted by atomic mass is 9.44. The first-order valence-corrected chi connectivity index (χ1v) is 10.2. The van der Waals surface area contributed by atoms with Crippen molar-refractivity contribution in [2.24, 2.45) is 34.5 Å². The van der Waals surface area contributed by atoms with Crippen LogP contribution in [0.3, 0.4) is 0 Å². The molecule has 0 bridgehead atoms. The Balaban J connectivity index is 1.59. The Labute approximate surface area is 148 Å². The third kappa shape index (κ3) is 2.21. The normalized spacial score (nSPS) is 56.9. The lowest BCUT2D eigenvalue weighted by Gasteiger charge is -2.61. The molecule has 0 amide bonds. The molecule has 24 heavy (non-hydrogen) atoms. The molecule has 0 aromatic carbocycles. The van der Waals surface area contributed by atoms with Gasteiger partial charge in [-0.25, -0.2) is 0 Å². The van der Waals surface area contributed by atoms with Gasteiger partial charge in [0.15, 0.2) is 0 Å². The van der Waals surface area contributed by atoms with E-state index in [1.165, 1.54) is 44.9 Å². The second-order valence-electron chi connectivity index (χ2n) is 10.0. The molecule has 0 aromatic rings. The minimum Gasteiger partial charge on any atom is -0.386 e. The van der Waals surface area contributed by atoms with E-state index in [-0.39, 0.29) is 0 Å². The number of ether oxygens (including phenoxy) is 1. The van der Waals surface area contributed by atoms with Crippen molar-refractivity contribution in [2.45, 2.75) is 83.3 Å². The fourth-order valence-electron chi connectivity index (χ4n) is 7.80. The van der Waals surface area contributed by atoms with Crippen molar-refractivity contribution in [3.63, 3.8) is 0 Å². The Morgan fingerprint density at radius 2 is 1.71 bits per heavy atom. The van der Waals surface area contributed by atoms with Gasteiger partial charge in [0.05, 0.1) is 11.7 Å². The second kappa shape index (κ2) is 5.58. The quantitative estimate of drug-likeness (QED) is 0.724. The van der Waals surface area contributed by atoms with Crippen LogP contribution in [-0.2, 0) is 4.74 Å². The van der Waals surface area contributed by atoms with Crippen molar-refractivity contribution in [2.75, 3.05) is 7.11 Å². The molecule has 0 aliphatic heterocycles. The summed E-state index contributed by atoms with van der Waals surface area (Å²) >= 11 is 0. The molecular weight excluding hydrogens is 296 g/mol. The van der Waals surface area contributed by atoms with Crippen LogP contribution in [0.25, 0.3) is 0 Å². The lowest BCUT2D eigenvalue weighted by molar-refractivity contribution is -0.147. The van der Waals surface area contributed by atoms with Gasteiger partial charge in [0.1, 0.15) is 0 Å². The molecule has 4 saturated carbocycles. The molecule has 4 aliphatic rings. The summed E-state index contributed by atoms with van der Waals surface area (Å²) in [4.78, 5) is 0. The van der Waals surface area contributed by atoms with Crippen LogP contribution in [0.4, 0.5) is 0 Å². The summed E-state index contributed by atoms with van der Waals surface area (Å²) in [5.41, 5.74) is 0.245. The van der Waals surface area contributed by atoms with Crippen molar-refractivity contribution in [3.05, 3.63) is 12.7 Å². The molecule has 4 aliphatic carbocycles. The second-order valence-corrected chi connectivity index (χ2v) is 10.0. The Hall–Kier alpha value is -0.340. The molecule has 136 valence electrons. The van der Waals surface area contributed by atoms with Crippen LogP contribution in [0.15, 0.2) is 12.7 Å². The third-order valence-electron chi connectivity index (χ3n) is 9.34. The molecule has 2 nitrogen and oxygen atoms in total. The third-order valence-corrected chi connectivity index (χ3v) is 9.34. The van der Waals surface area contributed by atoms with Crippen molar-refractivity contribution in [1.29, 1.82) is 0 Å². The zero-order chi connectivity index (χ0) is 17.2. The van der Waals surface area contributed by atoms with E-state index in [4.69, 9.17) is 4.74 Å². The number of hydrogen-bond donors (Lipinski definition) is 1. The highest BCUT2D eigenvalue weighted by Crippen LogP contribution is 2.67. The van der Waals surface area contributed by atoms with Crippen LogP contribution < -0.4 is 0 Å². The fraction of sp³-hybridized carbons (Fsp3) is 0.909. The van der Waals surface area contributed by atoms with E-state index in [0.717, 1.165) is 30.6 Å². The van der Waals surface area contributed by atoms with Crippen molar-refractivity contribution < 1.29 is 9.84 Å². The van der Waals surface area contributed by atoms with E-state index in [2.05, 4.69) is 20.4 Å². The summed E-state index contributed by atoms with van der Waals surface area (Å²) in [6.07, 6.45) is 13.3. The molecule has 8 atom stereocenters. The number of aliphatic hydroxyl groups is 1. The van der Waals surface area contributed by atoms with Crippen LogP contribution in [-0.4, -0.2) is 23.9 Å². The van der Waals surface area contributed by atoms with E-state index in [9.17, 15) is 5.11 Å². The maximum absolute atomic E-state index is 10.8. The van der Waals surface area contributed by atoms with E-state index in [0.29, 0.717) is 22.9 Å². The van der Waals surface area contributed by atoms with Crippen molar-refractivity contribution >= 4 is 0 Å². The molecule has 1 N–H and O–H groups in total. The molecule has 0 saturated heterocycles. The summed E-state index contributed by atoms with van der Waals surface area (Å²) in [5.74, 6) is 3.29. The molecule has 0 heterocycles. The maximum atomic E-state index is 10.8. The zero-order valence-electron chi connectivity index (χ0n) is 15.9. The Morgan fingerprint density at radius 1 is 0.958 bits per heavy atom. The van der Waals surface area contributed by atoms with E-state index < -0.39 is 5.60 Å². The molecule has 0 radical (unpaired) electrons. The van der Waals surface area contributed by atoms with Crippen LogP contribution >= 0.6 is 0 Å². The monoisotopic (exact) mass is 332 g/mol. The van der Waals surface area contributed by atoms with Crippen LogP contribution in [0.2, 0.25) is 0 Å². The molecule has 4 fully saturated rings. The topological polar surface area (TPSA) is 29.5 Å². The first-order valence-electron chi connectivity index (χ1n) is 10.2. The average molecular weight is 333 g/mol. The number of hydrogen-bond acceptors (Lipinski definition) is 2. The summed E-state index contributed by atoms with van der Waals surface area (Å²) in [5, 5.41) is 10.8. The molecule has 0 spiro atoms. The van der Waals surface area contributed by atoms with Gasteiger partial charge in [0.25, 0.3) is 0 Å². The highest BCUT2D eigenvalue weighted by atomic mass is 16.5. The lowest BCUT2D eigenvalue weighted by Crippen LogP contribution is -2.56. The average Bonchev–Trinajstić information content (AvgIpc) is 2.92. The first-order chi connectivity index (χ1) is 11.4. The van der Waals surface area contributed by atoms with Crippen molar-refractivity contribution in [1.82, 2.24) is 0 Å². The minimum atomic E-state index is -0.602. The maximum Gasteiger partial charge on any atom is 0.0828 e. The largest absolute Gasteiger partial charge is 0.386 e. The molecular formula is C22H36O2. The highest BCUT2D eigenvalue weighted by Gasteiger charge is 2.61. The van der Waals surface area contributed by atoms with E-state index in [1.807, 2.05) is 13.2 Å². The predicted octanol–water partition coefficient (Wildman–Crippen LogP) is 4.96. The molecule has 3 unspecified atom stereocenters. The summed E-state index contributed by atoms with van der Waals surface area (Å²) in [6.45, 7) is 8.98. The zero-order valence-corrected chi connectivity index (χ0v) is 15.9. The van der Waals surface area contributed by atoms with Gasteiger partial charge in [-0.3, -0.25) is 0 Å². The first kappa shape index (κ1) is 17.1. The minimum absolute atomic E-state index is 0.412. The van der Waals surface area contributed by atoms with Crippen LogP contribution in [0.1, 0.15) is 71.6 Å². The van der Waals surface area contributed by atoms with Crippen LogP contribution in [0, 0.1) is 34.5 Å². The molecule has 2 heteroatoms. The number of methoxy groups -OCH3 is 1. The van der Waals surface area contributed by atoms with Crippen LogP contribution in [0.5, 0.6) is 0 Å². The van der Waals surface area contributed by atoms with Crippen molar-refractivity contribution in [3.8, 4) is 0 Å². The van der Waals surface area contributed by atoms with Gasteiger partial charge in [-0.15, -0.1) is 6.58 Å². The van der Waals surface area contributed by atoms with Gasteiger partial charge in [-0.1, -0.05) is 19.9 Å². The van der Waals surface area contributed by atoms with Gasteiger partial charge in [-0.2, -0.15) is 0 Å². The Bertz CT molecular complexity index is 516. The smallest absolute Gasteiger partial charge is 0.0828 e. The summed E-state index contributed by atoms with van der Waals surface area (Å²) < 4.78 is 5.89. The SMILES string of the molecule is C=CC1(O)CC[C@@]2(C)C(CC[C@@H]3[C@H]2CC[C@]2(C)C(OC)CC[C@@H]32)C1. The highest BCUT2D eigenvalue weighted by molar-refractivity contribution is 5.12.